The third-order valence-electron chi connectivity index (χ3n) is 3.17. The Balaban J connectivity index is 2.02. The smallest absolute Gasteiger partial charge is 0.155 e. The van der Waals surface area contributed by atoms with Crippen LogP contribution in [0.1, 0.15) is 26.3 Å². The molecule has 3 rings (SSSR count). The maximum absolute atomic E-state index is 5.75. The number of fused-ring (bicyclic) bond motifs is 1. The second-order valence-electron chi connectivity index (χ2n) is 5.68. The highest BCUT2D eigenvalue weighted by Crippen LogP contribution is 2.27. The van der Waals surface area contributed by atoms with Crippen LogP contribution in [0.25, 0.3) is 22.6 Å². The zero-order valence-corrected chi connectivity index (χ0v) is 11.3. The molecule has 0 N–H and O–H groups in total. The van der Waals surface area contributed by atoms with E-state index in [0.29, 0.717) is 0 Å². The molecular formula is C16H16N2O. The number of hydrogen-bond donors (Lipinski definition) is 0. The lowest BCUT2D eigenvalue weighted by atomic mass is 9.88. The van der Waals surface area contributed by atoms with Gasteiger partial charge in [0.1, 0.15) is 11.2 Å². The molecule has 0 aliphatic heterocycles. The van der Waals surface area contributed by atoms with Crippen LogP contribution in [0.4, 0.5) is 0 Å². The van der Waals surface area contributed by atoms with Gasteiger partial charge in [-0.3, -0.25) is 9.97 Å². The highest BCUT2D eigenvalue weighted by molar-refractivity contribution is 5.78. The van der Waals surface area contributed by atoms with Gasteiger partial charge in [-0.1, -0.05) is 26.8 Å². The summed E-state index contributed by atoms with van der Waals surface area (Å²) in [6, 6.07) is 9.80. The lowest BCUT2D eigenvalue weighted by molar-refractivity contribution is 0.586. The normalized spacial score (nSPS) is 11.9. The lowest BCUT2D eigenvalue weighted by Gasteiger charge is -2.18. The Bertz CT molecular complexity index is 672. The van der Waals surface area contributed by atoms with E-state index in [1.165, 1.54) is 5.56 Å². The molecule has 3 heteroatoms. The molecule has 0 unspecified atom stereocenters. The minimum absolute atomic E-state index is 0.112. The van der Waals surface area contributed by atoms with Crippen LogP contribution in [0.5, 0.6) is 0 Å². The predicted molar refractivity (Wildman–Crippen MR) is 75.9 cm³/mol. The van der Waals surface area contributed by atoms with Crippen molar-refractivity contribution in [2.24, 2.45) is 0 Å². The molecule has 0 aliphatic carbocycles. The van der Waals surface area contributed by atoms with Crippen LogP contribution in [0.2, 0.25) is 0 Å². The monoisotopic (exact) mass is 252 g/mol. The van der Waals surface area contributed by atoms with Gasteiger partial charge in [0.15, 0.2) is 11.3 Å². The van der Waals surface area contributed by atoms with Crippen LogP contribution in [-0.4, -0.2) is 9.97 Å². The molecular weight excluding hydrogens is 236 g/mol. The van der Waals surface area contributed by atoms with Crippen LogP contribution >= 0.6 is 0 Å². The molecule has 3 nitrogen and oxygen atoms in total. The summed E-state index contributed by atoms with van der Waals surface area (Å²) in [5.41, 5.74) is 3.82. The first kappa shape index (κ1) is 11.9. The van der Waals surface area contributed by atoms with E-state index < -0.39 is 0 Å². The number of hydrogen-bond acceptors (Lipinski definition) is 3. The summed E-state index contributed by atoms with van der Waals surface area (Å²) < 4.78 is 5.75. The van der Waals surface area contributed by atoms with E-state index in [9.17, 15) is 0 Å². The fourth-order valence-corrected chi connectivity index (χ4v) is 1.98. The first-order valence-corrected chi connectivity index (χ1v) is 6.35. The Hall–Kier alpha value is -2.16. The molecule has 0 aliphatic rings. The molecule has 0 saturated carbocycles. The van der Waals surface area contributed by atoms with E-state index in [0.717, 1.165) is 22.6 Å². The van der Waals surface area contributed by atoms with Crippen molar-refractivity contribution in [2.75, 3.05) is 0 Å². The molecule has 0 radical (unpaired) electrons. The molecule has 0 aromatic carbocycles. The molecule has 0 bridgehead atoms. The maximum atomic E-state index is 5.75. The van der Waals surface area contributed by atoms with Crippen LogP contribution < -0.4 is 0 Å². The summed E-state index contributed by atoms with van der Waals surface area (Å²) in [5, 5.41) is 0. The summed E-state index contributed by atoms with van der Waals surface area (Å²) in [4.78, 5) is 8.75. The fraction of sp³-hybridized carbons (Fsp3) is 0.250. The van der Waals surface area contributed by atoms with Gasteiger partial charge in [-0.15, -0.1) is 0 Å². The largest absolute Gasteiger partial charge is 0.453 e. The summed E-state index contributed by atoms with van der Waals surface area (Å²) in [7, 11) is 0. The number of nitrogens with zero attached hydrogens (tertiary/aromatic N) is 2. The Labute approximate surface area is 112 Å². The van der Waals surface area contributed by atoms with E-state index in [2.05, 4.69) is 36.8 Å². The summed E-state index contributed by atoms with van der Waals surface area (Å²) >= 11 is 0. The second kappa shape index (κ2) is 4.19. The van der Waals surface area contributed by atoms with Gasteiger partial charge in [-0.05, 0) is 29.2 Å². The van der Waals surface area contributed by atoms with Gasteiger partial charge >= 0.3 is 0 Å². The van der Waals surface area contributed by atoms with Gasteiger partial charge in [-0.25, -0.2) is 0 Å². The first-order chi connectivity index (χ1) is 9.04. The van der Waals surface area contributed by atoms with E-state index in [1.54, 1.807) is 6.20 Å². The number of rotatable bonds is 1. The van der Waals surface area contributed by atoms with Crippen molar-refractivity contribution in [3.8, 4) is 11.5 Å². The number of furan rings is 1. The fourth-order valence-electron chi connectivity index (χ4n) is 1.98. The van der Waals surface area contributed by atoms with Crippen molar-refractivity contribution in [3.63, 3.8) is 0 Å². The predicted octanol–water partition coefficient (Wildman–Crippen LogP) is 4.19. The Kier molecular flexibility index (Phi) is 2.63. The Morgan fingerprint density at radius 3 is 2.53 bits per heavy atom. The molecule has 3 heterocycles. The van der Waals surface area contributed by atoms with Crippen LogP contribution in [0, 0.1) is 0 Å². The van der Waals surface area contributed by atoms with Gasteiger partial charge in [0.2, 0.25) is 0 Å². The summed E-state index contributed by atoms with van der Waals surface area (Å²) in [5.74, 6) is 0.758. The van der Waals surface area contributed by atoms with Crippen molar-refractivity contribution in [2.45, 2.75) is 26.2 Å². The average Bonchev–Trinajstić information content (AvgIpc) is 2.81. The van der Waals surface area contributed by atoms with Gasteiger partial charge in [-0.2, -0.15) is 0 Å². The summed E-state index contributed by atoms with van der Waals surface area (Å²) in [6.45, 7) is 6.53. The van der Waals surface area contributed by atoms with Gasteiger partial charge in [0.25, 0.3) is 0 Å². The Morgan fingerprint density at radius 2 is 1.89 bits per heavy atom. The van der Waals surface area contributed by atoms with Crippen LogP contribution in [0.15, 0.2) is 47.1 Å². The standard InChI is InChI=1S/C16H16N2O/c1-16(2,3)11-6-7-12(18-10-11)15-9-13-14(19-15)5-4-8-17-13/h4-10H,1-3H3. The van der Waals surface area contributed by atoms with Crippen molar-refractivity contribution >= 4 is 11.1 Å². The number of aromatic nitrogens is 2. The molecule has 0 saturated heterocycles. The van der Waals surface area contributed by atoms with Crippen molar-refractivity contribution in [1.29, 1.82) is 0 Å². The van der Waals surface area contributed by atoms with Crippen molar-refractivity contribution < 1.29 is 4.42 Å². The Morgan fingerprint density at radius 1 is 1.05 bits per heavy atom. The zero-order chi connectivity index (χ0) is 13.5. The van der Waals surface area contributed by atoms with Crippen molar-refractivity contribution in [3.05, 3.63) is 48.3 Å². The minimum Gasteiger partial charge on any atom is -0.453 e. The summed E-state index contributed by atoms with van der Waals surface area (Å²) in [6.07, 6.45) is 3.67. The quantitative estimate of drug-likeness (QED) is 0.652. The topological polar surface area (TPSA) is 38.9 Å². The molecule has 3 aromatic rings. The molecule has 96 valence electrons. The van der Waals surface area contributed by atoms with Gasteiger partial charge in [0.05, 0.1) is 0 Å². The molecule has 0 amide bonds. The molecule has 0 fully saturated rings. The van der Waals surface area contributed by atoms with Gasteiger partial charge in [0, 0.05) is 18.5 Å². The number of pyridine rings is 2. The third-order valence-corrected chi connectivity index (χ3v) is 3.17. The average molecular weight is 252 g/mol. The minimum atomic E-state index is 0.112. The second-order valence-corrected chi connectivity index (χ2v) is 5.68. The van der Waals surface area contributed by atoms with Crippen LogP contribution in [0.3, 0.4) is 0 Å². The van der Waals surface area contributed by atoms with Crippen molar-refractivity contribution in [1.82, 2.24) is 9.97 Å². The third kappa shape index (κ3) is 2.24. The van der Waals surface area contributed by atoms with Gasteiger partial charge < -0.3 is 4.42 Å². The molecule has 0 atom stereocenters. The highest BCUT2D eigenvalue weighted by atomic mass is 16.3. The zero-order valence-electron chi connectivity index (χ0n) is 11.3. The van der Waals surface area contributed by atoms with E-state index in [-0.39, 0.29) is 5.41 Å². The van der Waals surface area contributed by atoms with E-state index in [4.69, 9.17) is 4.42 Å². The maximum Gasteiger partial charge on any atom is 0.155 e. The van der Waals surface area contributed by atoms with E-state index >= 15 is 0 Å². The van der Waals surface area contributed by atoms with Crippen LogP contribution in [-0.2, 0) is 5.41 Å². The SMILES string of the molecule is CC(C)(C)c1ccc(-c2cc3ncccc3o2)nc1. The molecule has 0 spiro atoms. The molecule has 3 aromatic heterocycles. The van der Waals surface area contributed by atoms with E-state index in [1.807, 2.05) is 30.5 Å². The first-order valence-electron chi connectivity index (χ1n) is 6.35. The lowest BCUT2D eigenvalue weighted by Crippen LogP contribution is -2.11. The molecule has 19 heavy (non-hydrogen) atoms. The highest BCUT2D eigenvalue weighted by Gasteiger charge is 2.15.